The van der Waals surface area contributed by atoms with Crippen LogP contribution in [0.25, 0.3) is 21.9 Å². The summed E-state index contributed by atoms with van der Waals surface area (Å²) in [6.07, 6.45) is 0. The molecule has 0 spiro atoms. The fourth-order valence-electron chi connectivity index (χ4n) is 2.25. The molecule has 0 radical (unpaired) electrons. The highest BCUT2D eigenvalue weighted by molar-refractivity contribution is 7.12. The smallest absolute Gasteiger partial charge is 0.0574 e. The van der Waals surface area contributed by atoms with Gasteiger partial charge in [-0.2, -0.15) is 0 Å². The number of fused-ring (bicyclic) bond motifs is 1. The second-order valence-electron chi connectivity index (χ2n) is 4.38. The minimum absolute atomic E-state index is 0.531. The van der Waals surface area contributed by atoms with Gasteiger partial charge in [-0.1, -0.05) is 36.4 Å². The van der Waals surface area contributed by atoms with E-state index in [-0.39, 0.29) is 0 Å². The first kappa shape index (κ1) is 13.0. The Balaban J connectivity index is 2.15. The van der Waals surface area contributed by atoms with Crippen LogP contribution in [0, 0.1) is 0 Å². The molecule has 1 heterocycles. The van der Waals surface area contributed by atoms with E-state index in [1.165, 1.54) is 31.7 Å². The number of thiophene rings is 1. The van der Waals surface area contributed by atoms with Crippen molar-refractivity contribution in [2.75, 3.05) is 0 Å². The van der Waals surface area contributed by atoms with Crippen LogP contribution >= 0.6 is 34.5 Å². The predicted octanol–water partition coefficient (Wildman–Crippen LogP) is 6.05. The van der Waals surface area contributed by atoms with Gasteiger partial charge in [0, 0.05) is 9.75 Å². The number of benzene rings is 2. The Bertz CT molecular complexity index is 716. The molecule has 19 heavy (non-hydrogen) atoms. The molecule has 0 fully saturated rings. The first-order valence-corrected chi connectivity index (χ1v) is 7.93. The summed E-state index contributed by atoms with van der Waals surface area (Å²) in [6, 6.07) is 17.0. The van der Waals surface area contributed by atoms with E-state index >= 15 is 0 Å². The molecule has 0 unspecified atom stereocenters. The maximum Gasteiger partial charge on any atom is 0.0574 e. The van der Waals surface area contributed by atoms with Crippen LogP contribution in [0.15, 0.2) is 48.5 Å². The van der Waals surface area contributed by atoms with Gasteiger partial charge in [0.05, 0.1) is 11.8 Å². The molecule has 0 aliphatic heterocycles. The quantitative estimate of drug-likeness (QED) is 0.517. The number of rotatable bonds is 3. The van der Waals surface area contributed by atoms with Crippen LogP contribution in [0.3, 0.4) is 0 Å². The molecule has 3 heteroatoms. The van der Waals surface area contributed by atoms with Crippen LogP contribution < -0.4 is 0 Å². The summed E-state index contributed by atoms with van der Waals surface area (Å²) in [6.45, 7) is 0. The first-order chi connectivity index (χ1) is 9.31. The molecule has 0 nitrogen and oxygen atoms in total. The molecule has 0 saturated heterocycles. The summed E-state index contributed by atoms with van der Waals surface area (Å²) in [5.74, 6) is 1.08. The Morgan fingerprint density at radius 2 is 1.63 bits per heavy atom. The Morgan fingerprint density at radius 3 is 2.37 bits per heavy atom. The van der Waals surface area contributed by atoms with Crippen molar-refractivity contribution in [1.82, 2.24) is 0 Å². The van der Waals surface area contributed by atoms with E-state index in [9.17, 15) is 0 Å². The van der Waals surface area contributed by atoms with Gasteiger partial charge in [-0.25, -0.2) is 0 Å². The number of alkyl halides is 2. The van der Waals surface area contributed by atoms with Gasteiger partial charge in [-0.05, 0) is 34.0 Å². The van der Waals surface area contributed by atoms with Gasteiger partial charge in [-0.3, -0.25) is 0 Å². The van der Waals surface area contributed by atoms with E-state index < -0.39 is 0 Å². The van der Waals surface area contributed by atoms with Gasteiger partial charge in [0.25, 0.3) is 0 Å². The van der Waals surface area contributed by atoms with Crippen LogP contribution in [0.4, 0.5) is 0 Å². The maximum atomic E-state index is 6.04. The van der Waals surface area contributed by atoms with Crippen molar-refractivity contribution in [1.29, 1.82) is 0 Å². The summed E-state index contributed by atoms with van der Waals surface area (Å²) in [7, 11) is 0. The molecule has 0 aliphatic carbocycles. The van der Waals surface area contributed by atoms with Crippen molar-refractivity contribution in [3.05, 3.63) is 58.3 Å². The Morgan fingerprint density at radius 1 is 0.842 bits per heavy atom. The van der Waals surface area contributed by atoms with Gasteiger partial charge in [0.1, 0.15) is 0 Å². The van der Waals surface area contributed by atoms with Gasteiger partial charge < -0.3 is 0 Å². The predicted molar refractivity (Wildman–Crippen MR) is 86.4 cm³/mol. The molecule has 0 saturated carbocycles. The van der Waals surface area contributed by atoms with E-state index in [4.69, 9.17) is 23.2 Å². The van der Waals surface area contributed by atoms with Crippen LogP contribution in [-0.2, 0) is 11.8 Å². The molecule has 0 atom stereocenters. The third kappa shape index (κ3) is 2.51. The number of hydrogen-bond donors (Lipinski definition) is 0. The molecule has 0 N–H and O–H groups in total. The molecule has 1 aromatic heterocycles. The Hall–Kier alpha value is -1.02. The lowest BCUT2D eigenvalue weighted by molar-refractivity contribution is 1.50. The molecular weight excluding hydrogens is 295 g/mol. The topological polar surface area (TPSA) is 0 Å². The molecule has 3 rings (SSSR count). The van der Waals surface area contributed by atoms with Gasteiger partial charge in [-0.15, -0.1) is 34.5 Å². The van der Waals surface area contributed by atoms with E-state index in [1.807, 2.05) is 0 Å². The molecule has 96 valence electrons. The van der Waals surface area contributed by atoms with Crippen molar-refractivity contribution in [3.8, 4) is 11.1 Å². The SMILES string of the molecule is ClCc1cc(-c2ccc3ccccc3c2)c(CCl)s1. The van der Waals surface area contributed by atoms with Crippen molar-refractivity contribution >= 4 is 45.3 Å². The van der Waals surface area contributed by atoms with Gasteiger partial charge in [0.2, 0.25) is 0 Å². The van der Waals surface area contributed by atoms with E-state index in [0.29, 0.717) is 11.8 Å². The molecule has 0 bridgehead atoms. The maximum absolute atomic E-state index is 6.04. The highest BCUT2D eigenvalue weighted by Crippen LogP contribution is 2.34. The highest BCUT2D eigenvalue weighted by atomic mass is 35.5. The normalized spacial score (nSPS) is 11.1. The largest absolute Gasteiger partial charge is 0.142 e. The zero-order chi connectivity index (χ0) is 13.2. The number of hydrogen-bond acceptors (Lipinski definition) is 1. The minimum atomic E-state index is 0.531. The third-order valence-corrected chi connectivity index (χ3v) is 5.18. The average Bonchev–Trinajstić information content (AvgIpc) is 2.90. The lowest BCUT2D eigenvalue weighted by Crippen LogP contribution is -1.80. The van der Waals surface area contributed by atoms with Crippen molar-refractivity contribution < 1.29 is 0 Å². The van der Waals surface area contributed by atoms with Gasteiger partial charge >= 0.3 is 0 Å². The van der Waals surface area contributed by atoms with E-state index in [0.717, 1.165) is 0 Å². The van der Waals surface area contributed by atoms with Crippen molar-refractivity contribution in [2.45, 2.75) is 11.8 Å². The summed E-state index contributed by atoms with van der Waals surface area (Å²) in [5, 5.41) is 2.51. The lowest BCUT2D eigenvalue weighted by atomic mass is 10.0. The van der Waals surface area contributed by atoms with Crippen molar-refractivity contribution in [3.63, 3.8) is 0 Å². The van der Waals surface area contributed by atoms with Crippen molar-refractivity contribution in [2.24, 2.45) is 0 Å². The minimum Gasteiger partial charge on any atom is -0.142 e. The zero-order valence-corrected chi connectivity index (χ0v) is 12.5. The second kappa shape index (κ2) is 5.54. The highest BCUT2D eigenvalue weighted by Gasteiger charge is 2.10. The fraction of sp³-hybridized carbons (Fsp3) is 0.125. The Labute approximate surface area is 126 Å². The molecule has 0 aliphatic rings. The lowest BCUT2D eigenvalue weighted by Gasteiger charge is -2.04. The molecule has 3 aromatic rings. The molecular formula is C16H12Cl2S. The van der Waals surface area contributed by atoms with Gasteiger partial charge in [0.15, 0.2) is 0 Å². The summed E-state index contributed by atoms with van der Waals surface area (Å²) in [5.41, 5.74) is 2.42. The van der Waals surface area contributed by atoms with Crippen LogP contribution in [0.5, 0.6) is 0 Å². The van der Waals surface area contributed by atoms with Crippen LogP contribution in [0.2, 0.25) is 0 Å². The molecule has 0 amide bonds. The van der Waals surface area contributed by atoms with E-state index in [1.54, 1.807) is 11.3 Å². The van der Waals surface area contributed by atoms with Crippen LogP contribution in [-0.4, -0.2) is 0 Å². The monoisotopic (exact) mass is 306 g/mol. The first-order valence-electron chi connectivity index (χ1n) is 6.04. The van der Waals surface area contributed by atoms with E-state index in [2.05, 4.69) is 48.5 Å². The second-order valence-corrected chi connectivity index (χ2v) is 6.13. The number of halogens is 2. The third-order valence-electron chi connectivity index (χ3n) is 3.17. The summed E-state index contributed by atoms with van der Waals surface area (Å²) >= 11 is 13.7. The average molecular weight is 307 g/mol. The van der Waals surface area contributed by atoms with Crippen LogP contribution in [0.1, 0.15) is 9.75 Å². The molecule has 2 aromatic carbocycles. The standard InChI is InChI=1S/C16H12Cl2S/c17-9-14-8-15(16(10-18)19-14)13-6-5-11-3-1-2-4-12(11)7-13/h1-8H,9-10H2. The summed E-state index contributed by atoms with van der Waals surface area (Å²) in [4.78, 5) is 2.35. The Kier molecular flexibility index (Phi) is 3.79. The zero-order valence-electron chi connectivity index (χ0n) is 10.2. The summed E-state index contributed by atoms with van der Waals surface area (Å²) < 4.78 is 0. The fourth-order valence-corrected chi connectivity index (χ4v) is 3.69.